The number of aliphatic hydroxyl groups excluding tert-OH is 4. The summed E-state index contributed by atoms with van der Waals surface area (Å²) in [6, 6.07) is 0. The summed E-state index contributed by atoms with van der Waals surface area (Å²) < 4.78 is 0. The molecule has 12 heavy (non-hydrogen) atoms. The van der Waals surface area contributed by atoms with Gasteiger partial charge in [0.2, 0.25) is 0 Å². The van der Waals surface area contributed by atoms with Gasteiger partial charge in [-0.2, -0.15) is 0 Å². The van der Waals surface area contributed by atoms with E-state index in [9.17, 15) is 4.79 Å². The molecular formula is C5H12N2O5. The van der Waals surface area contributed by atoms with E-state index in [4.69, 9.17) is 20.4 Å². The number of nitrogens with two attached hydrogens (primary N) is 1. The Balaban J connectivity index is 4.08. The number of amides is 1. The first-order valence-corrected chi connectivity index (χ1v) is 3.20. The quantitative estimate of drug-likeness (QED) is 0.148. The van der Waals surface area contributed by atoms with Gasteiger partial charge in [0.15, 0.2) is 6.10 Å². The topological polar surface area (TPSA) is 136 Å². The van der Waals surface area contributed by atoms with Gasteiger partial charge in [0.1, 0.15) is 12.2 Å². The van der Waals surface area contributed by atoms with Crippen LogP contribution in [0.4, 0.5) is 0 Å². The average molecular weight is 180 g/mol. The maximum Gasteiger partial charge on any atom is 0.265 e. The first-order valence-electron chi connectivity index (χ1n) is 3.20. The van der Waals surface area contributed by atoms with Crippen LogP contribution in [0.2, 0.25) is 0 Å². The highest BCUT2D eigenvalue weighted by molar-refractivity contribution is 5.80. The van der Waals surface area contributed by atoms with Crippen molar-refractivity contribution in [2.24, 2.45) is 5.84 Å². The van der Waals surface area contributed by atoms with E-state index in [2.05, 4.69) is 5.84 Å². The van der Waals surface area contributed by atoms with E-state index in [1.165, 1.54) is 0 Å². The summed E-state index contributed by atoms with van der Waals surface area (Å²) in [5.41, 5.74) is 1.58. The van der Waals surface area contributed by atoms with E-state index in [0.29, 0.717) is 0 Å². The standard InChI is InChI=1S/C5H12N2O5/c6-7-5(12)4(11)3(10)2(9)1-8/h2-4,8-11H,1,6H2,(H,7,12)/t2-,3+,4-/m1/s1. The maximum atomic E-state index is 10.5. The molecule has 0 unspecified atom stereocenters. The summed E-state index contributed by atoms with van der Waals surface area (Å²) in [5, 5.41) is 34.9. The zero-order valence-corrected chi connectivity index (χ0v) is 6.21. The highest BCUT2D eigenvalue weighted by atomic mass is 16.4. The van der Waals surface area contributed by atoms with Crippen molar-refractivity contribution in [2.45, 2.75) is 18.3 Å². The number of rotatable bonds is 4. The van der Waals surface area contributed by atoms with E-state index in [-0.39, 0.29) is 0 Å². The molecule has 0 spiro atoms. The lowest BCUT2D eigenvalue weighted by molar-refractivity contribution is -0.142. The van der Waals surface area contributed by atoms with Crippen LogP contribution in [0.15, 0.2) is 0 Å². The lowest BCUT2D eigenvalue weighted by Gasteiger charge is -2.19. The molecule has 1 amide bonds. The molecule has 7 heteroatoms. The first-order chi connectivity index (χ1) is 5.54. The van der Waals surface area contributed by atoms with E-state index in [0.717, 1.165) is 0 Å². The van der Waals surface area contributed by atoms with Gasteiger partial charge in [-0.25, -0.2) is 5.84 Å². The fourth-order valence-electron chi connectivity index (χ4n) is 0.559. The molecule has 0 saturated carbocycles. The Morgan fingerprint density at radius 2 is 1.92 bits per heavy atom. The van der Waals surface area contributed by atoms with Crippen molar-refractivity contribution in [2.75, 3.05) is 6.61 Å². The largest absolute Gasteiger partial charge is 0.394 e. The Kier molecular flexibility index (Phi) is 4.71. The van der Waals surface area contributed by atoms with Gasteiger partial charge in [-0.15, -0.1) is 0 Å². The van der Waals surface area contributed by atoms with Crippen molar-refractivity contribution in [1.29, 1.82) is 0 Å². The molecule has 0 aliphatic carbocycles. The number of aliphatic hydroxyl groups is 4. The summed E-state index contributed by atoms with van der Waals surface area (Å²) >= 11 is 0. The second kappa shape index (κ2) is 5.01. The molecule has 0 aliphatic heterocycles. The van der Waals surface area contributed by atoms with Crippen LogP contribution in [-0.4, -0.2) is 51.3 Å². The van der Waals surface area contributed by atoms with Gasteiger partial charge in [0, 0.05) is 0 Å². The fraction of sp³-hybridized carbons (Fsp3) is 0.800. The highest BCUT2D eigenvalue weighted by Crippen LogP contribution is 1.99. The smallest absolute Gasteiger partial charge is 0.265 e. The Bertz CT molecular complexity index is 153. The monoisotopic (exact) mass is 180 g/mol. The third-order valence-corrected chi connectivity index (χ3v) is 1.32. The molecule has 0 heterocycles. The minimum absolute atomic E-state index is 0.754. The van der Waals surface area contributed by atoms with Gasteiger partial charge < -0.3 is 20.4 Å². The Morgan fingerprint density at radius 1 is 1.42 bits per heavy atom. The molecule has 0 aromatic carbocycles. The molecule has 0 fully saturated rings. The summed E-state index contributed by atoms with van der Waals surface area (Å²) in [6.07, 6.45) is -5.17. The molecule has 0 aromatic heterocycles. The van der Waals surface area contributed by atoms with E-state index >= 15 is 0 Å². The summed E-state index contributed by atoms with van der Waals surface area (Å²) in [5.74, 6) is 3.61. The zero-order chi connectivity index (χ0) is 9.72. The fourth-order valence-corrected chi connectivity index (χ4v) is 0.559. The molecule has 0 radical (unpaired) electrons. The molecule has 0 rings (SSSR count). The van der Waals surface area contributed by atoms with Gasteiger partial charge in [-0.05, 0) is 0 Å². The maximum absolute atomic E-state index is 10.5. The van der Waals surface area contributed by atoms with Crippen LogP contribution in [-0.2, 0) is 4.79 Å². The van der Waals surface area contributed by atoms with Crippen LogP contribution in [0.1, 0.15) is 0 Å². The van der Waals surface area contributed by atoms with Crippen molar-refractivity contribution >= 4 is 5.91 Å². The molecule has 7 N–H and O–H groups in total. The summed E-state index contributed by atoms with van der Waals surface area (Å²) in [7, 11) is 0. The van der Waals surface area contributed by atoms with Crippen molar-refractivity contribution < 1.29 is 25.2 Å². The predicted octanol–water partition coefficient (Wildman–Crippen LogP) is -3.95. The number of nitrogens with one attached hydrogen (secondary N) is 1. The number of hydrazine groups is 1. The van der Waals surface area contributed by atoms with Crippen molar-refractivity contribution in [3.8, 4) is 0 Å². The van der Waals surface area contributed by atoms with Gasteiger partial charge in [0.05, 0.1) is 6.61 Å². The molecule has 0 aliphatic rings. The Labute approximate surface area is 68.4 Å². The number of carbonyl (C=O) groups excluding carboxylic acids is 1. The molecule has 0 saturated heterocycles. The second-order valence-corrected chi connectivity index (χ2v) is 2.19. The molecule has 0 bridgehead atoms. The predicted molar refractivity (Wildman–Crippen MR) is 37.4 cm³/mol. The van der Waals surface area contributed by atoms with E-state index in [1.54, 1.807) is 5.43 Å². The van der Waals surface area contributed by atoms with Crippen LogP contribution in [0.3, 0.4) is 0 Å². The summed E-state index contributed by atoms with van der Waals surface area (Å²) in [4.78, 5) is 10.5. The molecule has 7 nitrogen and oxygen atoms in total. The number of carbonyl (C=O) groups is 1. The number of hydrogen-bond donors (Lipinski definition) is 6. The van der Waals surface area contributed by atoms with Crippen LogP contribution in [0.25, 0.3) is 0 Å². The highest BCUT2D eigenvalue weighted by Gasteiger charge is 2.29. The SMILES string of the molecule is NNC(=O)[C@H](O)[C@@H](O)[C@H](O)CO. The minimum Gasteiger partial charge on any atom is -0.394 e. The van der Waals surface area contributed by atoms with Crippen LogP contribution in [0, 0.1) is 0 Å². The third kappa shape index (κ3) is 2.72. The molecular weight excluding hydrogens is 168 g/mol. The van der Waals surface area contributed by atoms with Crippen LogP contribution >= 0.6 is 0 Å². The van der Waals surface area contributed by atoms with Gasteiger partial charge in [-0.3, -0.25) is 10.2 Å². The summed E-state index contributed by atoms with van der Waals surface area (Å²) in [6.45, 7) is -0.754. The zero-order valence-electron chi connectivity index (χ0n) is 6.21. The van der Waals surface area contributed by atoms with Gasteiger partial charge in [0.25, 0.3) is 5.91 Å². The van der Waals surface area contributed by atoms with Crippen LogP contribution < -0.4 is 11.3 Å². The molecule has 72 valence electrons. The molecule has 0 aromatic rings. The minimum atomic E-state index is -1.85. The van der Waals surface area contributed by atoms with Gasteiger partial charge in [-0.1, -0.05) is 0 Å². The Hall–Kier alpha value is -0.730. The first kappa shape index (κ1) is 11.3. The Morgan fingerprint density at radius 3 is 2.25 bits per heavy atom. The van der Waals surface area contributed by atoms with Crippen molar-refractivity contribution in [3.05, 3.63) is 0 Å². The van der Waals surface area contributed by atoms with Crippen molar-refractivity contribution in [1.82, 2.24) is 5.43 Å². The van der Waals surface area contributed by atoms with Crippen LogP contribution in [0.5, 0.6) is 0 Å². The van der Waals surface area contributed by atoms with Gasteiger partial charge >= 0.3 is 0 Å². The van der Waals surface area contributed by atoms with Crippen molar-refractivity contribution in [3.63, 3.8) is 0 Å². The number of hydrogen-bond acceptors (Lipinski definition) is 6. The molecule has 3 atom stereocenters. The lowest BCUT2D eigenvalue weighted by atomic mass is 10.1. The van der Waals surface area contributed by atoms with E-state index < -0.39 is 30.8 Å². The van der Waals surface area contributed by atoms with E-state index in [1.807, 2.05) is 0 Å². The second-order valence-electron chi connectivity index (χ2n) is 2.19. The normalized spacial score (nSPS) is 18.1. The lowest BCUT2D eigenvalue weighted by Crippen LogP contribution is -2.50. The third-order valence-electron chi connectivity index (χ3n) is 1.32. The average Bonchev–Trinajstić information content (AvgIpc) is 2.12.